The zero-order valence-corrected chi connectivity index (χ0v) is 9.99. The SMILES string of the molecule is CN1CCCN(C2CCCC2)CC1CN. The van der Waals surface area contributed by atoms with Crippen molar-refractivity contribution < 1.29 is 0 Å². The maximum atomic E-state index is 5.86. The molecule has 2 rings (SSSR count). The third-order valence-corrected chi connectivity index (χ3v) is 4.14. The van der Waals surface area contributed by atoms with Crippen LogP contribution in [0.5, 0.6) is 0 Å². The molecule has 2 aliphatic rings. The van der Waals surface area contributed by atoms with Crippen LogP contribution in [0.1, 0.15) is 32.1 Å². The number of likely N-dealkylation sites (N-methyl/N-ethyl adjacent to an activating group) is 1. The van der Waals surface area contributed by atoms with Crippen molar-refractivity contribution in [1.29, 1.82) is 0 Å². The third kappa shape index (κ3) is 2.71. The van der Waals surface area contributed by atoms with Crippen molar-refractivity contribution in [3.8, 4) is 0 Å². The first-order valence-corrected chi connectivity index (χ1v) is 6.45. The summed E-state index contributed by atoms with van der Waals surface area (Å²) in [7, 11) is 2.22. The minimum atomic E-state index is 0.577. The summed E-state index contributed by atoms with van der Waals surface area (Å²) >= 11 is 0. The Bertz CT molecular complexity index is 189. The fraction of sp³-hybridized carbons (Fsp3) is 1.00. The number of rotatable bonds is 2. The molecule has 0 spiro atoms. The van der Waals surface area contributed by atoms with E-state index in [2.05, 4.69) is 16.8 Å². The lowest BCUT2D eigenvalue weighted by atomic mass is 10.1. The topological polar surface area (TPSA) is 32.5 Å². The van der Waals surface area contributed by atoms with Crippen molar-refractivity contribution in [1.82, 2.24) is 9.80 Å². The fourth-order valence-electron chi connectivity index (χ4n) is 3.06. The highest BCUT2D eigenvalue weighted by molar-refractivity contribution is 4.84. The predicted octanol–water partition coefficient (Wildman–Crippen LogP) is 0.894. The van der Waals surface area contributed by atoms with Crippen molar-refractivity contribution in [3.63, 3.8) is 0 Å². The molecular formula is C12H25N3. The van der Waals surface area contributed by atoms with Crippen molar-refractivity contribution in [2.45, 2.75) is 44.2 Å². The molecule has 1 aliphatic carbocycles. The van der Waals surface area contributed by atoms with Gasteiger partial charge in [0, 0.05) is 25.2 Å². The van der Waals surface area contributed by atoms with E-state index in [1.54, 1.807) is 0 Å². The zero-order valence-electron chi connectivity index (χ0n) is 9.99. The Morgan fingerprint density at radius 2 is 1.87 bits per heavy atom. The van der Waals surface area contributed by atoms with E-state index in [1.807, 2.05) is 0 Å². The van der Waals surface area contributed by atoms with Gasteiger partial charge in [0.1, 0.15) is 0 Å². The lowest BCUT2D eigenvalue weighted by molar-refractivity contribution is 0.169. The van der Waals surface area contributed by atoms with Gasteiger partial charge in [0.2, 0.25) is 0 Å². The normalized spacial score (nSPS) is 32.0. The van der Waals surface area contributed by atoms with Gasteiger partial charge in [-0.15, -0.1) is 0 Å². The quantitative estimate of drug-likeness (QED) is 0.736. The Balaban J connectivity index is 1.93. The average molecular weight is 211 g/mol. The van der Waals surface area contributed by atoms with Crippen LogP contribution in [-0.4, -0.2) is 55.1 Å². The molecule has 0 aromatic carbocycles. The predicted molar refractivity (Wildman–Crippen MR) is 63.9 cm³/mol. The molecule has 3 heteroatoms. The van der Waals surface area contributed by atoms with Crippen molar-refractivity contribution in [2.75, 3.05) is 33.2 Å². The number of nitrogens with two attached hydrogens (primary N) is 1. The Morgan fingerprint density at radius 3 is 2.53 bits per heavy atom. The second-order valence-electron chi connectivity index (χ2n) is 5.16. The molecule has 88 valence electrons. The van der Waals surface area contributed by atoms with Crippen LogP contribution in [0.2, 0.25) is 0 Å². The molecular weight excluding hydrogens is 186 g/mol. The van der Waals surface area contributed by atoms with E-state index in [9.17, 15) is 0 Å². The lowest BCUT2D eigenvalue weighted by Gasteiger charge is -2.31. The van der Waals surface area contributed by atoms with Crippen LogP contribution < -0.4 is 5.73 Å². The maximum Gasteiger partial charge on any atom is 0.0342 e. The van der Waals surface area contributed by atoms with E-state index in [4.69, 9.17) is 5.73 Å². The van der Waals surface area contributed by atoms with E-state index in [-0.39, 0.29) is 0 Å². The summed E-state index contributed by atoms with van der Waals surface area (Å²) in [6.07, 6.45) is 7.01. The first-order valence-electron chi connectivity index (χ1n) is 6.45. The van der Waals surface area contributed by atoms with E-state index >= 15 is 0 Å². The molecule has 1 saturated carbocycles. The van der Waals surface area contributed by atoms with E-state index < -0.39 is 0 Å². The van der Waals surface area contributed by atoms with E-state index in [0.29, 0.717) is 6.04 Å². The highest BCUT2D eigenvalue weighted by Crippen LogP contribution is 2.25. The fourth-order valence-corrected chi connectivity index (χ4v) is 3.06. The minimum Gasteiger partial charge on any atom is -0.329 e. The molecule has 2 N–H and O–H groups in total. The number of nitrogens with zero attached hydrogens (tertiary/aromatic N) is 2. The molecule has 0 bridgehead atoms. The van der Waals surface area contributed by atoms with Crippen molar-refractivity contribution in [3.05, 3.63) is 0 Å². The molecule has 1 atom stereocenters. The van der Waals surface area contributed by atoms with Gasteiger partial charge < -0.3 is 10.6 Å². The van der Waals surface area contributed by atoms with Crippen molar-refractivity contribution in [2.24, 2.45) is 5.73 Å². The molecule has 0 radical (unpaired) electrons. The molecule has 15 heavy (non-hydrogen) atoms. The summed E-state index contributed by atoms with van der Waals surface area (Å²) < 4.78 is 0. The summed E-state index contributed by atoms with van der Waals surface area (Å²) in [6.45, 7) is 4.49. The Hall–Kier alpha value is -0.120. The highest BCUT2D eigenvalue weighted by Gasteiger charge is 2.27. The molecule has 0 amide bonds. The number of hydrogen-bond donors (Lipinski definition) is 1. The smallest absolute Gasteiger partial charge is 0.0342 e. The van der Waals surface area contributed by atoms with Crippen LogP contribution >= 0.6 is 0 Å². The van der Waals surface area contributed by atoms with Gasteiger partial charge in [0.05, 0.1) is 0 Å². The standard InChI is InChI=1S/C12H25N3/c1-14-7-4-8-15(10-12(14)9-13)11-5-2-3-6-11/h11-12H,2-10,13H2,1H3. The molecule has 1 unspecified atom stereocenters. The first-order chi connectivity index (χ1) is 7.31. The minimum absolute atomic E-state index is 0.577. The molecule has 0 aromatic rings. The number of hydrogen-bond acceptors (Lipinski definition) is 3. The molecule has 1 aliphatic heterocycles. The molecule has 1 heterocycles. The van der Waals surface area contributed by atoms with Crippen LogP contribution in [0.4, 0.5) is 0 Å². The summed E-state index contributed by atoms with van der Waals surface area (Å²) in [6, 6.07) is 1.44. The summed E-state index contributed by atoms with van der Waals surface area (Å²) in [4.78, 5) is 5.14. The molecule has 3 nitrogen and oxygen atoms in total. The third-order valence-electron chi connectivity index (χ3n) is 4.14. The van der Waals surface area contributed by atoms with Gasteiger partial charge in [-0.25, -0.2) is 0 Å². The Kier molecular flexibility index (Phi) is 4.00. The van der Waals surface area contributed by atoms with Gasteiger partial charge in [-0.1, -0.05) is 12.8 Å². The second kappa shape index (κ2) is 5.28. The van der Waals surface area contributed by atoms with Crippen LogP contribution in [-0.2, 0) is 0 Å². The van der Waals surface area contributed by atoms with E-state index in [0.717, 1.165) is 12.6 Å². The van der Waals surface area contributed by atoms with Crippen LogP contribution in [0.15, 0.2) is 0 Å². The van der Waals surface area contributed by atoms with Gasteiger partial charge >= 0.3 is 0 Å². The summed E-state index contributed by atoms with van der Waals surface area (Å²) in [5.41, 5.74) is 5.86. The Morgan fingerprint density at radius 1 is 1.13 bits per heavy atom. The lowest BCUT2D eigenvalue weighted by Crippen LogP contribution is -2.46. The zero-order chi connectivity index (χ0) is 10.7. The highest BCUT2D eigenvalue weighted by atomic mass is 15.2. The monoisotopic (exact) mass is 211 g/mol. The summed E-state index contributed by atoms with van der Waals surface area (Å²) in [5.74, 6) is 0. The second-order valence-corrected chi connectivity index (χ2v) is 5.16. The van der Waals surface area contributed by atoms with Gasteiger partial charge in [-0.3, -0.25) is 4.90 Å². The Labute approximate surface area is 93.6 Å². The largest absolute Gasteiger partial charge is 0.329 e. The average Bonchev–Trinajstić information content (AvgIpc) is 2.70. The van der Waals surface area contributed by atoms with Crippen LogP contribution in [0.25, 0.3) is 0 Å². The summed E-state index contributed by atoms with van der Waals surface area (Å²) in [5, 5.41) is 0. The molecule has 0 aromatic heterocycles. The maximum absolute atomic E-state index is 5.86. The van der Waals surface area contributed by atoms with Crippen LogP contribution in [0, 0.1) is 0 Å². The van der Waals surface area contributed by atoms with Gasteiger partial charge in [-0.2, -0.15) is 0 Å². The van der Waals surface area contributed by atoms with Gasteiger partial charge in [0.25, 0.3) is 0 Å². The molecule has 1 saturated heterocycles. The molecule has 2 fully saturated rings. The first kappa shape index (κ1) is 11.4. The van der Waals surface area contributed by atoms with Gasteiger partial charge in [-0.05, 0) is 39.4 Å². The van der Waals surface area contributed by atoms with E-state index in [1.165, 1.54) is 51.7 Å². The van der Waals surface area contributed by atoms with Crippen LogP contribution in [0.3, 0.4) is 0 Å². The van der Waals surface area contributed by atoms with Crippen molar-refractivity contribution >= 4 is 0 Å². The van der Waals surface area contributed by atoms with Gasteiger partial charge in [0.15, 0.2) is 0 Å².